The van der Waals surface area contributed by atoms with Gasteiger partial charge in [0, 0.05) is 18.5 Å². The van der Waals surface area contributed by atoms with Crippen molar-refractivity contribution in [2.45, 2.75) is 26.2 Å². The average Bonchev–Trinajstić information content (AvgIpc) is 2.97. The van der Waals surface area contributed by atoms with Crippen LogP contribution in [0.4, 0.5) is 0 Å². The van der Waals surface area contributed by atoms with E-state index in [1.54, 1.807) is 4.40 Å². The van der Waals surface area contributed by atoms with Gasteiger partial charge < -0.3 is 9.84 Å². The van der Waals surface area contributed by atoms with E-state index in [4.69, 9.17) is 4.74 Å². The molecule has 2 aromatic heterocycles. The first-order valence-corrected chi connectivity index (χ1v) is 8.45. The molecule has 0 saturated heterocycles. The van der Waals surface area contributed by atoms with Gasteiger partial charge in [-0.15, -0.1) is 0 Å². The normalized spacial score (nSPS) is 12.3. The number of hydrogen-bond donors (Lipinski definition) is 1. The average molecular weight is 338 g/mol. The first kappa shape index (κ1) is 17.2. The lowest BCUT2D eigenvalue weighted by Gasteiger charge is -2.14. The van der Waals surface area contributed by atoms with Crippen LogP contribution in [0.2, 0.25) is 0 Å². The Bertz CT molecular complexity index is 871. The number of aromatic nitrogens is 2. The van der Waals surface area contributed by atoms with Gasteiger partial charge in [-0.1, -0.05) is 30.3 Å². The maximum absolute atomic E-state index is 12.9. The molecule has 0 aliphatic heterocycles. The third-order valence-electron chi connectivity index (χ3n) is 4.28. The van der Waals surface area contributed by atoms with Crippen LogP contribution in [0.25, 0.3) is 5.65 Å². The number of Topliss-reactive ketones (excluding diaryl/α,β-unsaturated/α-hetero) is 1. The summed E-state index contributed by atoms with van der Waals surface area (Å²) in [6, 6.07) is 13.3. The van der Waals surface area contributed by atoms with Gasteiger partial charge in [-0.25, -0.2) is 4.98 Å². The molecule has 2 heterocycles. The van der Waals surface area contributed by atoms with E-state index in [2.05, 4.69) is 4.98 Å². The summed E-state index contributed by atoms with van der Waals surface area (Å²) < 4.78 is 7.38. The van der Waals surface area contributed by atoms with Crippen molar-refractivity contribution in [1.29, 1.82) is 0 Å². The van der Waals surface area contributed by atoms with Gasteiger partial charge in [-0.05, 0) is 31.5 Å². The van der Waals surface area contributed by atoms with Crippen molar-refractivity contribution in [3.8, 4) is 5.75 Å². The number of carbonyl (C=O) groups excluding carboxylic acids is 1. The molecule has 0 aliphatic carbocycles. The molecule has 130 valence electrons. The summed E-state index contributed by atoms with van der Waals surface area (Å²) in [7, 11) is 0. The van der Waals surface area contributed by atoms with Crippen molar-refractivity contribution in [2.75, 3.05) is 13.2 Å². The topological polar surface area (TPSA) is 63.8 Å². The van der Waals surface area contributed by atoms with E-state index >= 15 is 0 Å². The fourth-order valence-electron chi connectivity index (χ4n) is 3.09. The number of benzene rings is 1. The van der Waals surface area contributed by atoms with Crippen LogP contribution >= 0.6 is 0 Å². The lowest BCUT2D eigenvalue weighted by Crippen LogP contribution is -2.13. The third-order valence-corrected chi connectivity index (χ3v) is 4.28. The number of aryl methyl sites for hydroxylation is 1. The molecule has 1 N–H and O–H groups in total. The van der Waals surface area contributed by atoms with Crippen LogP contribution in [0, 0.1) is 6.92 Å². The summed E-state index contributed by atoms with van der Waals surface area (Å²) >= 11 is 0. The van der Waals surface area contributed by atoms with Crippen molar-refractivity contribution < 1.29 is 14.6 Å². The van der Waals surface area contributed by atoms with E-state index in [1.807, 2.05) is 62.5 Å². The number of fused-ring (bicyclic) bond motifs is 1. The first-order chi connectivity index (χ1) is 12.2. The highest BCUT2D eigenvalue weighted by Crippen LogP contribution is 2.26. The monoisotopic (exact) mass is 338 g/mol. The molecule has 1 aromatic carbocycles. The van der Waals surface area contributed by atoms with Gasteiger partial charge in [0.15, 0.2) is 17.2 Å². The Hall–Kier alpha value is -2.66. The Balaban J connectivity index is 1.94. The number of aliphatic hydroxyl groups is 1. The van der Waals surface area contributed by atoms with E-state index in [9.17, 15) is 9.90 Å². The second kappa shape index (κ2) is 7.49. The number of carbonyl (C=O) groups is 1. The number of rotatable bonds is 7. The Morgan fingerprint density at radius 2 is 2.00 bits per heavy atom. The molecular weight excluding hydrogens is 316 g/mol. The summed E-state index contributed by atoms with van der Waals surface area (Å²) in [6.45, 7) is 4.20. The molecule has 0 spiro atoms. The van der Waals surface area contributed by atoms with Gasteiger partial charge >= 0.3 is 0 Å². The minimum atomic E-state index is -0.228. The largest absolute Gasteiger partial charge is 0.490 e. The predicted octanol–water partition coefficient (Wildman–Crippen LogP) is 3.39. The fourth-order valence-corrected chi connectivity index (χ4v) is 3.09. The quantitative estimate of drug-likeness (QED) is 0.671. The maximum atomic E-state index is 12.9. The van der Waals surface area contributed by atoms with Crippen LogP contribution in [0.15, 0.2) is 48.7 Å². The van der Waals surface area contributed by atoms with Gasteiger partial charge in [0.05, 0.1) is 18.9 Å². The van der Waals surface area contributed by atoms with E-state index in [-0.39, 0.29) is 24.7 Å². The van der Waals surface area contributed by atoms with Crippen LogP contribution in [-0.4, -0.2) is 33.5 Å². The Kier molecular flexibility index (Phi) is 5.14. The van der Waals surface area contributed by atoms with Crippen LogP contribution < -0.4 is 4.74 Å². The Morgan fingerprint density at radius 1 is 1.24 bits per heavy atom. The molecule has 0 fully saturated rings. The van der Waals surface area contributed by atoms with Crippen LogP contribution in [0.1, 0.15) is 41.0 Å². The molecule has 5 nitrogen and oxygen atoms in total. The molecule has 3 aromatic rings. The maximum Gasteiger partial charge on any atom is 0.182 e. The van der Waals surface area contributed by atoms with Crippen LogP contribution in [0.3, 0.4) is 0 Å². The number of pyridine rings is 1. The first-order valence-electron chi connectivity index (χ1n) is 8.45. The lowest BCUT2D eigenvalue weighted by molar-refractivity contribution is 0.0953. The zero-order valence-electron chi connectivity index (χ0n) is 14.5. The fraction of sp³-hybridized carbons (Fsp3) is 0.300. The molecule has 1 atom stereocenters. The minimum Gasteiger partial charge on any atom is -0.490 e. The van der Waals surface area contributed by atoms with Gasteiger partial charge in [0.25, 0.3) is 0 Å². The molecule has 0 saturated carbocycles. The van der Waals surface area contributed by atoms with Crippen molar-refractivity contribution in [3.05, 3.63) is 65.6 Å². The number of nitrogens with zero attached hydrogens (tertiary/aromatic N) is 2. The summed E-state index contributed by atoms with van der Waals surface area (Å²) in [5.41, 5.74) is 2.82. The third kappa shape index (κ3) is 3.42. The Labute approximate surface area is 146 Å². The zero-order chi connectivity index (χ0) is 17.8. The highest BCUT2D eigenvalue weighted by molar-refractivity contribution is 5.97. The second-order valence-electron chi connectivity index (χ2n) is 5.96. The van der Waals surface area contributed by atoms with Gasteiger partial charge in [-0.2, -0.15) is 0 Å². The van der Waals surface area contributed by atoms with Gasteiger partial charge in [0.1, 0.15) is 5.69 Å². The summed E-state index contributed by atoms with van der Waals surface area (Å²) in [6.07, 6.45) is 2.05. The van der Waals surface area contributed by atoms with Gasteiger partial charge in [0.2, 0.25) is 0 Å². The lowest BCUT2D eigenvalue weighted by atomic mass is 9.93. The summed E-state index contributed by atoms with van der Waals surface area (Å²) in [5.74, 6) is 0.393. The second-order valence-corrected chi connectivity index (χ2v) is 5.96. The minimum absolute atomic E-state index is 0.0402. The molecule has 0 bridgehead atoms. The predicted molar refractivity (Wildman–Crippen MR) is 96.3 cm³/mol. The molecule has 0 amide bonds. The SMILES string of the molecule is CCOc1cccn2c(C(=O)C[C@@H](CO)c3ccccc3)c(C)nc12. The Morgan fingerprint density at radius 3 is 2.68 bits per heavy atom. The van der Waals surface area contributed by atoms with Crippen molar-refractivity contribution in [1.82, 2.24) is 9.38 Å². The highest BCUT2D eigenvalue weighted by Gasteiger charge is 2.22. The molecule has 0 radical (unpaired) electrons. The van der Waals surface area contributed by atoms with Crippen molar-refractivity contribution in [2.24, 2.45) is 0 Å². The molecular formula is C20H22N2O3. The smallest absolute Gasteiger partial charge is 0.182 e. The van der Waals surface area contributed by atoms with E-state index in [0.29, 0.717) is 29.4 Å². The summed E-state index contributed by atoms with van der Waals surface area (Å²) in [4.78, 5) is 17.5. The number of ether oxygens (including phenoxy) is 1. The van der Waals surface area contributed by atoms with Crippen molar-refractivity contribution >= 4 is 11.4 Å². The van der Waals surface area contributed by atoms with E-state index in [1.165, 1.54) is 0 Å². The van der Waals surface area contributed by atoms with E-state index in [0.717, 1.165) is 5.56 Å². The number of hydrogen-bond acceptors (Lipinski definition) is 4. The highest BCUT2D eigenvalue weighted by atomic mass is 16.5. The van der Waals surface area contributed by atoms with Crippen LogP contribution in [-0.2, 0) is 0 Å². The van der Waals surface area contributed by atoms with Crippen LogP contribution in [0.5, 0.6) is 5.75 Å². The molecule has 25 heavy (non-hydrogen) atoms. The molecule has 0 aliphatic rings. The zero-order valence-corrected chi connectivity index (χ0v) is 14.5. The number of aliphatic hydroxyl groups excluding tert-OH is 1. The summed E-state index contributed by atoms with van der Waals surface area (Å²) in [5, 5.41) is 9.73. The van der Waals surface area contributed by atoms with Gasteiger partial charge in [-0.3, -0.25) is 9.20 Å². The van der Waals surface area contributed by atoms with E-state index < -0.39 is 0 Å². The number of ketones is 1. The molecule has 0 unspecified atom stereocenters. The molecule has 3 rings (SSSR count). The molecule has 5 heteroatoms. The standard InChI is InChI=1S/C20H22N2O3/c1-3-25-18-10-7-11-22-19(14(2)21-20(18)22)17(24)12-16(13-23)15-8-5-4-6-9-15/h4-11,16,23H,3,12-13H2,1-2H3/t16-/m0/s1. The van der Waals surface area contributed by atoms with Crippen molar-refractivity contribution in [3.63, 3.8) is 0 Å². The number of imidazole rings is 1.